The summed E-state index contributed by atoms with van der Waals surface area (Å²) < 4.78 is 17.1. The third kappa shape index (κ3) is 4.66. The topological polar surface area (TPSA) is 48.0 Å². The minimum atomic E-state index is -0.150. The van der Waals surface area contributed by atoms with Crippen LogP contribution in [0.25, 0.3) is 0 Å². The molecule has 1 atom stereocenters. The maximum absolute atomic E-state index is 12.8. The molecule has 156 valence electrons. The Hall–Kier alpha value is -2.69. The average Bonchev–Trinajstić information content (AvgIpc) is 2.76. The molecule has 0 fully saturated rings. The fourth-order valence-electron chi connectivity index (χ4n) is 3.86. The summed E-state index contributed by atoms with van der Waals surface area (Å²) in [6.07, 6.45) is 3.18. The molecule has 0 spiro atoms. The second-order valence-electron chi connectivity index (χ2n) is 7.32. The largest absolute Gasteiger partial charge is 0.493 e. The number of hydrogen-bond donors (Lipinski definition) is 0. The zero-order valence-corrected chi connectivity index (χ0v) is 17.9. The van der Waals surface area contributed by atoms with E-state index in [0.717, 1.165) is 36.3 Å². The Morgan fingerprint density at radius 2 is 1.76 bits per heavy atom. The van der Waals surface area contributed by atoms with Crippen LogP contribution in [0.4, 0.5) is 0 Å². The molecule has 0 radical (unpaired) electrons. The van der Waals surface area contributed by atoms with Gasteiger partial charge in [0.25, 0.3) is 0 Å². The van der Waals surface area contributed by atoms with Crippen LogP contribution in [0.15, 0.2) is 36.4 Å². The van der Waals surface area contributed by atoms with Crippen molar-refractivity contribution in [3.8, 4) is 17.2 Å². The second kappa shape index (κ2) is 9.68. The number of carbonyl (C=O) groups is 1. The van der Waals surface area contributed by atoms with E-state index in [9.17, 15) is 4.79 Å². The lowest BCUT2D eigenvalue weighted by molar-refractivity contribution is -0.135. The molecule has 1 amide bonds. The van der Waals surface area contributed by atoms with E-state index in [0.29, 0.717) is 25.3 Å². The molecule has 3 rings (SSSR count). The van der Waals surface area contributed by atoms with Crippen molar-refractivity contribution in [3.63, 3.8) is 0 Å². The van der Waals surface area contributed by atoms with Crippen molar-refractivity contribution in [2.75, 3.05) is 27.4 Å². The fraction of sp³-hybridized carbons (Fsp3) is 0.458. The first-order valence-electron chi connectivity index (χ1n) is 10.4. The number of nitrogens with zero attached hydrogens (tertiary/aromatic N) is 1. The van der Waals surface area contributed by atoms with E-state index in [-0.39, 0.29) is 11.9 Å². The van der Waals surface area contributed by atoms with Gasteiger partial charge in [-0.3, -0.25) is 4.79 Å². The zero-order valence-electron chi connectivity index (χ0n) is 17.9. The van der Waals surface area contributed by atoms with Crippen molar-refractivity contribution >= 4 is 5.91 Å². The van der Waals surface area contributed by atoms with Gasteiger partial charge in [0.1, 0.15) is 12.4 Å². The second-order valence-corrected chi connectivity index (χ2v) is 7.32. The summed E-state index contributed by atoms with van der Waals surface area (Å²) in [5, 5.41) is 0. The summed E-state index contributed by atoms with van der Waals surface area (Å²) in [4.78, 5) is 14.8. The van der Waals surface area contributed by atoms with Gasteiger partial charge in [-0.05, 0) is 60.2 Å². The molecule has 2 aromatic rings. The van der Waals surface area contributed by atoms with Crippen LogP contribution < -0.4 is 14.2 Å². The van der Waals surface area contributed by atoms with Gasteiger partial charge in [0.05, 0.1) is 20.3 Å². The highest BCUT2D eigenvalue weighted by Gasteiger charge is 2.32. The van der Waals surface area contributed by atoms with E-state index in [4.69, 9.17) is 14.2 Å². The summed E-state index contributed by atoms with van der Waals surface area (Å²) in [7, 11) is 3.28. The van der Waals surface area contributed by atoms with E-state index in [1.54, 1.807) is 14.2 Å². The Morgan fingerprint density at radius 3 is 2.38 bits per heavy atom. The van der Waals surface area contributed by atoms with Gasteiger partial charge in [0, 0.05) is 13.0 Å². The smallest absolute Gasteiger partial charge is 0.223 e. The summed E-state index contributed by atoms with van der Waals surface area (Å²) >= 11 is 0. The van der Waals surface area contributed by atoms with E-state index in [2.05, 4.69) is 19.1 Å². The van der Waals surface area contributed by atoms with Gasteiger partial charge < -0.3 is 19.1 Å². The van der Waals surface area contributed by atoms with Crippen molar-refractivity contribution in [1.82, 2.24) is 4.90 Å². The van der Waals surface area contributed by atoms with Gasteiger partial charge in [-0.25, -0.2) is 0 Å². The van der Waals surface area contributed by atoms with E-state index < -0.39 is 0 Å². The highest BCUT2D eigenvalue weighted by Crippen LogP contribution is 2.38. The normalized spacial score (nSPS) is 15.6. The highest BCUT2D eigenvalue weighted by molar-refractivity contribution is 5.77. The molecule has 29 heavy (non-hydrogen) atoms. The third-order valence-electron chi connectivity index (χ3n) is 5.53. The summed E-state index contributed by atoms with van der Waals surface area (Å²) in [5.41, 5.74) is 3.53. The van der Waals surface area contributed by atoms with Crippen LogP contribution in [0.1, 0.15) is 49.4 Å². The molecule has 1 aliphatic rings. The van der Waals surface area contributed by atoms with Gasteiger partial charge in [0.2, 0.25) is 5.91 Å². The summed E-state index contributed by atoms with van der Waals surface area (Å²) in [6.45, 7) is 5.26. The number of carbonyl (C=O) groups excluding carboxylic acids is 1. The van der Waals surface area contributed by atoms with Crippen LogP contribution in [0, 0.1) is 0 Å². The lowest BCUT2D eigenvalue weighted by atomic mass is 9.91. The number of methoxy groups -OCH3 is 2. The van der Waals surface area contributed by atoms with Crippen molar-refractivity contribution in [2.45, 2.75) is 45.6 Å². The van der Waals surface area contributed by atoms with Gasteiger partial charge >= 0.3 is 0 Å². The molecular formula is C24H31NO4. The van der Waals surface area contributed by atoms with Gasteiger partial charge in [-0.15, -0.1) is 0 Å². The molecule has 0 N–H and O–H groups in total. The molecule has 0 saturated heterocycles. The first-order chi connectivity index (χ1) is 14.1. The van der Waals surface area contributed by atoms with E-state index in [1.165, 1.54) is 11.1 Å². The van der Waals surface area contributed by atoms with Crippen LogP contribution in [-0.4, -0.2) is 38.2 Å². The fourth-order valence-corrected chi connectivity index (χ4v) is 3.86. The monoisotopic (exact) mass is 397 g/mol. The number of aryl methyl sites for hydroxylation is 1. The number of fused-ring (bicyclic) bond motifs is 1. The molecule has 1 aliphatic heterocycles. The molecule has 5 nitrogen and oxygen atoms in total. The van der Waals surface area contributed by atoms with E-state index >= 15 is 0 Å². The molecule has 0 bridgehead atoms. The van der Waals surface area contributed by atoms with Gasteiger partial charge in [-0.1, -0.05) is 26.0 Å². The Labute approximate surface area is 173 Å². The lowest BCUT2D eigenvalue weighted by Gasteiger charge is -2.37. The molecular weight excluding hydrogens is 366 g/mol. The van der Waals surface area contributed by atoms with E-state index in [1.807, 2.05) is 36.1 Å². The highest BCUT2D eigenvalue weighted by atomic mass is 16.5. The quantitative estimate of drug-likeness (QED) is 0.655. The molecule has 5 heteroatoms. The Morgan fingerprint density at radius 1 is 1.07 bits per heavy atom. The zero-order chi connectivity index (χ0) is 20.8. The minimum absolute atomic E-state index is 0.150. The Bertz CT molecular complexity index is 832. The molecule has 0 aliphatic carbocycles. The van der Waals surface area contributed by atoms with Gasteiger partial charge in [-0.2, -0.15) is 0 Å². The maximum atomic E-state index is 12.8. The first-order valence-corrected chi connectivity index (χ1v) is 10.4. The Kier molecular flexibility index (Phi) is 7.02. The number of amides is 1. The minimum Gasteiger partial charge on any atom is -0.493 e. The lowest BCUT2D eigenvalue weighted by Crippen LogP contribution is -2.42. The molecule has 0 aromatic heterocycles. The predicted molar refractivity (Wildman–Crippen MR) is 114 cm³/mol. The average molecular weight is 398 g/mol. The number of benzene rings is 2. The van der Waals surface area contributed by atoms with Crippen molar-refractivity contribution in [1.29, 1.82) is 0 Å². The standard InChI is InChI=1S/C24H31NO4/c1-5-7-24(26)25-13-12-18-14-22(27-3)23(28-4)15-20(18)21(25)16-29-19-10-8-17(6-2)9-11-19/h8-11,14-15,21H,5-7,12-13,16H2,1-4H3. The van der Waals surface area contributed by atoms with Crippen LogP contribution in [0.2, 0.25) is 0 Å². The first kappa shape index (κ1) is 21.0. The number of rotatable bonds is 8. The summed E-state index contributed by atoms with van der Waals surface area (Å²) in [6, 6.07) is 12.0. The Balaban J connectivity index is 1.90. The van der Waals surface area contributed by atoms with Crippen LogP contribution in [0.3, 0.4) is 0 Å². The van der Waals surface area contributed by atoms with Crippen LogP contribution in [0.5, 0.6) is 17.2 Å². The molecule has 1 unspecified atom stereocenters. The van der Waals surface area contributed by atoms with Crippen molar-refractivity contribution in [3.05, 3.63) is 53.1 Å². The molecule has 1 heterocycles. The van der Waals surface area contributed by atoms with Gasteiger partial charge in [0.15, 0.2) is 11.5 Å². The maximum Gasteiger partial charge on any atom is 0.223 e. The van der Waals surface area contributed by atoms with Crippen molar-refractivity contribution in [2.24, 2.45) is 0 Å². The third-order valence-corrected chi connectivity index (χ3v) is 5.53. The number of ether oxygens (including phenoxy) is 3. The SMILES string of the molecule is CCCC(=O)N1CCc2cc(OC)c(OC)cc2C1COc1ccc(CC)cc1. The van der Waals surface area contributed by atoms with Crippen LogP contribution >= 0.6 is 0 Å². The van der Waals surface area contributed by atoms with Crippen molar-refractivity contribution < 1.29 is 19.0 Å². The molecule has 2 aromatic carbocycles. The van der Waals surface area contributed by atoms with Crippen LogP contribution in [-0.2, 0) is 17.6 Å². The predicted octanol–water partition coefficient (Wildman–Crippen LogP) is 4.57. The number of hydrogen-bond acceptors (Lipinski definition) is 4. The summed E-state index contributed by atoms with van der Waals surface area (Å²) in [5.74, 6) is 2.38. The molecule has 0 saturated carbocycles.